The summed E-state index contributed by atoms with van der Waals surface area (Å²) in [5, 5.41) is 4.27. The van der Waals surface area contributed by atoms with Gasteiger partial charge in [-0.15, -0.1) is 0 Å². The predicted molar refractivity (Wildman–Crippen MR) is 59.9 cm³/mol. The Labute approximate surface area is 98.8 Å². The van der Waals surface area contributed by atoms with Crippen LogP contribution in [-0.2, 0) is 0 Å². The molecule has 0 saturated carbocycles. The predicted octanol–water partition coefficient (Wildman–Crippen LogP) is 2.42. The smallest absolute Gasteiger partial charge is 0.261 e. The van der Waals surface area contributed by atoms with Crippen molar-refractivity contribution in [1.82, 2.24) is 15.0 Å². The van der Waals surface area contributed by atoms with Gasteiger partial charge in [-0.1, -0.05) is 0 Å². The van der Waals surface area contributed by atoms with Crippen LogP contribution in [0.15, 0.2) is 37.9 Å². The molecule has 5 nitrogen and oxygen atoms in total. The van der Waals surface area contributed by atoms with Crippen molar-refractivity contribution in [1.29, 1.82) is 0 Å². The standard InChI is InChI=1S/C8H7BrN4OS/c1-10-6-5(9)7(13-4-12-6)15-8-11-2-3-14-8/h2-4H,1H3,(H,10,12,13). The topological polar surface area (TPSA) is 63.8 Å². The lowest BCUT2D eigenvalue weighted by Gasteiger charge is -2.04. The lowest BCUT2D eigenvalue weighted by atomic mass is 10.6. The molecule has 0 saturated heterocycles. The van der Waals surface area contributed by atoms with Gasteiger partial charge in [-0.25, -0.2) is 15.0 Å². The summed E-state index contributed by atoms with van der Waals surface area (Å²) in [6.07, 6.45) is 4.61. The SMILES string of the molecule is CNc1ncnc(Sc2ncco2)c1Br. The summed E-state index contributed by atoms with van der Waals surface area (Å²) in [7, 11) is 1.80. The quantitative estimate of drug-likeness (QED) is 0.875. The minimum Gasteiger partial charge on any atom is -0.440 e. The zero-order chi connectivity index (χ0) is 10.7. The van der Waals surface area contributed by atoms with Gasteiger partial charge in [0.15, 0.2) is 0 Å². The zero-order valence-electron chi connectivity index (χ0n) is 7.77. The molecule has 0 radical (unpaired) electrons. The fourth-order valence-electron chi connectivity index (χ4n) is 0.943. The van der Waals surface area contributed by atoms with Crippen LogP contribution in [0.5, 0.6) is 0 Å². The second-order valence-electron chi connectivity index (χ2n) is 2.49. The minimum atomic E-state index is 0.552. The fraction of sp³-hybridized carbons (Fsp3) is 0.125. The third kappa shape index (κ3) is 2.29. The van der Waals surface area contributed by atoms with Crippen molar-refractivity contribution < 1.29 is 4.42 Å². The van der Waals surface area contributed by atoms with E-state index in [1.165, 1.54) is 24.4 Å². The van der Waals surface area contributed by atoms with Crippen molar-refractivity contribution in [2.75, 3.05) is 12.4 Å². The molecule has 2 rings (SSSR count). The van der Waals surface area contributed by atoms with Gasteiger partial charge >= 0.3 is 0 Å². The van der Waals surface area contributed by atoms with Gasteiger partial charge in [-0.05, 0) is 27.7 Å². The largest absolute Gasteiger partial charge is 0.440 e. The maximum atomic E-state index is 5.12. The number of rotatable bonds is 3. The Morgan fingerprint density at radius 3 is 2.93 bits per heavy atom. The van der Waals surface area contributed by atoms with Crippen molar-refractivity contribution in [3.05, 3.63) is 23.3 Å². The first-order valence-electron chi connectivity index (χ1n) is 4.07. The second kappa shape index (κ2) is 4.63. The molecule has 2 aromatic rings. The molecular formula is C8H7BrN4OS. The van der Waals surface area contributed by atoms with E-state index in [1.807, 2.05) is 0 Å². The molecular weight excluding hydrogens is 280 g/mol. The van der Waals surface area contributed by atoms with Crippen LogP contribution in [0.4, 0.5) is 5.82 Å². The molecule has 0 bridgehead atoms. The van der Waals surface area contributed by atoms with E-state index in [-0.39, 0.29) is 0 Å². The Morgan fingerprint density at radius 2 is 2.27 bits per heavy atom. The van der Waals surface area contributed by atoms with Gasteiger partial charge in [-0.2, -0.15) is 0 Å². The van der Waals surface area contributed by atoms with E-state index in [0.29, 0.717) is 5.22 Å². The van der Waals surface area contributed by atoms with Crippen LogP contribution in [0.25, 0.3) is 0 Å². The summed E-state index contributed by atoms with van der Waals surface area (Å²) in [6.45, 7) is 0. The number of oxazole rings is 1. The van der Waals surface area contributed by atoms with Crippen molar-refractivity contribution in [3.63, 3.8) is 0 Å². The van der Waals surface area contributed by atoms with Gasteiger partial charge in [-0.3, -0.25) is 0 Å². The molecule has 15 heavy (non-hydrogen) atoms. The van der Waals surface area contributed by atoms with Crippen LogP contribution in [0, 0.1) is 0 Å². The summed E-state index contributed by atoms with van der Waals surface area (Å²) in [5.41, 5.74) is 0. The average molecular weight is 287 g/mol. The van der Waals surface area contributed by atoms with Gasteiger partial charge in [0.2, 0.25) is 0 Å². The molecule has 2 heterocycles. The molecule has 1 N–H and O–H groups in total. The zero-order valence-corrected chi connectivity index (χ0v) is 10.2. The van der Waals surface area contributed by atoms with Crippen LogP contribution in [0.1, 0.15) is 0 Å². The van der Waals surface area contributed by atoms with E-state index in [1.54, 1.807) is 13.2 Å². The normalized spacial score (nSPS) is 10.3. The Morgan fingerprint density at radius 1 is 1.40 bits per heavy atom. The van der Waals surface area contributed by atoms with Crippen LogP contribution < -0.4 is 5.32 Å². The molecule has 2 aromatic heterocycles. The number of hydrogen-bond acceptors (Lipinski definition) is 6. The number of anilines is 1. The second-order valence-corrected chi connectivity index (χ2v) is 4.22. The first kappa shape index (κ1) is 10.4. The van der Waals surface area contributed by atoms with Crippen LogP contribution in [-0.4, -0.2) is 22.0 Å². The van der Waals surface area contributed by atoms with E-state index in [4.69, 9.17) is 4.42 Å². The van der Waals surface area contributed by atoms with E-state index in [9.17, 15) is 0 Å². The molecule has 0 aliphatic heterocycles. The Bertz CT molecular complexity index is 448. The highest BCUT2D eigenvalue weighted by Gasteiger charge is 2.10. The van der Waals surface area contributed by atoms with Crippen molar-refractivity contribution in [2.24, 2.45) is 0 Å². The maximum absolute atomic E-state index is 5.12. The third-order valence-electron chi connectivity index (χ3n) is 1.59. The molecule has 0 atom stereocenters. The highest BCUT2D eigenvalue weighted by molar-refractivity contribution is 9.10. The van der Waals surface area contributed by atoms with E-state index < -0.39 is 0 Å². The van der Waals surface area contributed by atoms with Crippen LogP contribution in [0.3, 0.4) is 0 Å². The van der Waals surface area contributed by atoms with Gasteiger partial charge in [0, 0.05) is 7.05 Å². The van der Waals surface area contributed by atoms with Crippen molar-refractivity contribution >= 4 is 33.5 Å². The molecule has 0 fully saturated rings. The number of aromatic nitrogens is 3. The average Bonchev–Trinajstić information content (AvgIpc) is 2.74. The minimum absolute atomic E-state index is 0.552. The van der Waals surface area contributed by atoms with Gasteiger partial charge in [0.05, 0.1) is 10.7 Å². The lowest BCUT2D eigenvalue weighted by Crippen LogP contribution is -1.96. The first-order valence-corrected chi connectivity index (χ1v) is 5.68. The highest BCUT2D eigenvalue weighted by atomic mass is 79.9. The monoisotopic (exact) mass is 286 g/mol. The molecule has 0 aliphatic carbocycles. The van der Waals surface area contributed by atoms with Crippen LogP contribution in [0.2, 0.25) is 0 Å². The van der Waals surface area contributed by atoms with Gasteiger partial charge in [0.25, 0.3) is 5.22 Å². The maximum Gasteiger partial charge on any atom is 0.261 e. The third-order valence-corrected chi connectivity index (χ3v) is 3.48. The number of hydrogen-bond donors (Lipinski definition) is 1. The molecule has 0 amide bonds. The Hall–Kier alpha value is -1.08. The van der Waals surface area contributed by atoms with Crippen molar-refractivity contribution in [2.45, 2.75) is 10.2 Å². The summed E-state index contributed by atoms with van der Waals surface area (Å²) >= 11 is 4.74. The van der Waals surface area contributed by atoms with Gasteiger partial charge in [0.1, 0.15) is 23.4 Å². The molecule has 0 aliphatic rings. The number of nitrogens with zero attached hydrogens (tertiary/aromatic N) is 3. The molecule has 78 valence electrons. The van der Waals surface area contributed by atoms with E-state index in [0.717, 1.165) is 15.3 Å². The summed E-state index contributed by atoms with van der Waals surface area (Å²) in [4.78, 5) is 12.2. The fourth-order valence-corrected chi connectivity index (χ4v) is 2.26. The molecule has 7 heteroatoms. The van der Waals surface area contributed by atoms with Gasteiger partial charge < -0.3 is 9.73 Å². The Kier molecular flexibility index (Phi) is 3.22. The summed E-state index contributed by atoms with van der Waals surface area (Å²) in [6, 6.07) is 0. The van der Waals surface area contributed by atoms with E-state index in [2.05, 4.69) is 36.2 Å². The number of nitrogens with one attached hydrogen (secondary N) is 1. The number of halogens is 1. The molecule has 0 unspecified atom stereocenters. The summed E-state index contributed by atoms with van der Waals surface area (Å²) < 4.78 is 5.92. The summed E-state index contributed by atoms with van der Waals surface area (Å²) in [5.74, 6) is 0.735. The first-order chi connectivity index (χ1) is 7.31. The molecule has 0 aromatic carbocycles. The van der Waals surface area contributed by atoms with E-state index >= 15 is 0 Å². The van der Waals surface area contributed by atoms with Crippen LogP contribution >= 0.6 is 27.7 Å². The Balaban J connectivity index is 2.29. The highest BCUT2D eigenvalue weighted by Crippen LogP contribution is 2.33. The van der Waals surface area contributed by atoms with Crippen molar-refractivity contribution in [3.8, 4) is 0 Å². The lowest BCUT2D eigenvalue weighted by molar-refractivity contribution is 0.454. The molecule has 0 spiro atoms.